The molecule has 1 aliphatic heterocycles. The Labute approximate surface area is 129 Å². The molecule has 0 saturated heterocycles. The fourth-order valence-corrected chi connectivity index (χ4v) is 3.32. The summed E-state index contributed by atoms with van der Waals surface area (Å²) in [5.74, 6) is 0.916. The minimum atomic E-state index is 0.701. The van der Waals surface area contributed by atoms with Gasteiger partial charge < -0.3 is 10.1 Å². The molecule has 2 aromatic rings. The van der Waals surface area contributed by atoms with E-state index in [1.807, 2.05) is 19.1 Å². The van der Waals surface area contributed by atoms with Crippen LogP contribution < -0.4 is 10.1 Å². The minimum Gasteiger partial charge on any atom is -0.494 e. The molecule has 0 fully saturated rings. The summed E-state index contributed by atoms with van der Waals surface area (Å²) in [5, 5.41) is 5.79. The van der Waals surface area contributed by atoms with Crippen LogP contribution in [0.2, 0.25) is 0 Å². The van der Waals surface area contributed by atoms with Gasteiger partial charge in [0.1, 0.15) is 15.8 Å². The van der Waals surface area contributed by atoms with Crippen molar-refractivity contribution in [2.75, 3.05) is 18.5 Å². The van der Waals surface area contributed by atoms with Gasteiger partial charge in [-0.2, -0.15) is 0 Å². The molecular formula is C17H20N2OS. The molecule has 0 spiro atoms. The van der Waals surface area contributed by atoms with E-state index in [1.165, 1.54) is 23.5 Å². The van der Waals surface area contributed by atoms with Gasteiger partial charge in [0, 0.05) is 6.54 Å². The van der Waals surface area contributed by atoms with Crippen molar-refractivity contribution in [1.82, 2.24) is 4.98 Å². The quantitative estimate of drug-likeness (QED) is 0.905. The lowest BCUT2D eigenvalue weighted by atomic mass is 10.2. The van der Waals surface area contributed by atoms with E-state index in [0.717, 1.165) is 29.3 Å². The van der Waals surface area contributed by atoms with Crippen LogP contribution in [-0.2, 0) is 6.42 Å². The number of fused-ring (bicyclic) bond motifs is 1. The van der Waals surface area contributed by atoms with Crippen molar-refractivity contribution in [2.45, 2.75) is 26.2 Å². The Balaban J connectivity index is 1.70. The second-order valence-electron chi connectivity index (χ2n) is 5.05. The van der Waals surface area contributed by atoms with E-state index in [0.29, 0.717) is 6.61 Å². The lowest BCUT2D eigenvalue weighted by Gasteiger charge is -2.01. The summed E-state index contributed by atoms with van der Waals surface area (Å²) >= 11 is 1.75. The molecule has 0 atom stereocenters. The number of hydrogen-bond donors (Lipinski definition) is 1. The van der Waals surface area contributed by atoms with E-state index in [4.69, 9.17) is 9.72 Å². The normalized spacial score (nSPS) is 14.5. The van der Waals surface area contributed by atoms with Gasteiger partial charge in [-0.1, -0.05) is 29.5 Å². The molecule has 1 aromatic heterocycles. The Bertz CT molecular complexity index is 593. The Morgan fingerprint density at radius 3 is 2.90 bits per heavy atom. The molecule has 3 rings (SSSR count). The third-order valence-corrected chi connectivity index (χ3v) is 4.47. The average Bonchev–Trinajstić information content (AvgIpc) is 2.76. The number of nitrogens with one attached hydrogen (secondary N) is 1. The average molecular weight is 300 g/mol. The summed E-state index contributed by atoms with van der Waals surface area (Å²) in [6.07, 6.45) is 7.76. The van der Waals surface area contributed by atoms with Gasteiger partial charge in [0.25, 0.3) is 0 Å². The zero-order valence-electron chi connectivity index (χ0n) is 12.3. The highest BCUT2D eigenvalue weighted by atomic mass is 32.1. The van der Waals surface area contributed by atoms with Gasteiger partial charge in [0.05, 0.1) is 12.3 Å². The summed E-state index contributed by atoms with van der Waals surface area (Å²) in [6.45, 7) is 3.76. The summed E-state index contributed by atoms with van der Waals surface area (Å²) in [4.78, 5) is 4.72. The van der Waals surface area contributed by atoms with E-state index in [1.54, 1.807) is 11.3 Å². The number of aromatic nitrogens is 1. The molecule has 1 aromatic carbocycles. The van der Waals surface area contributed by atoms with Crippen LogP contribution in [0.25, 0.3) is 12.2 Å². The Hall–Kier alpha value is -1.81. The first-order chi connectivity index (χ1) is 10.3. The Morgan fingerprint density at radius 2 is 2.10 bits per heavy atom. The SMILES string of the molecule is CCOc1ccc(C=Cc2nc3c(s2)NCCCC3)cc1. The molecule has 2 heterocycles. The van der Waals surface area contributed by atoms with Gasteiger partial charge in [-0.25, -0.2) is 4.98 Å². The summed E-state index contributed by atoms with van der Waals surface area (Å²) in [6, 6.07) is 8.14. The number of anilines is 1. The van der Waals surface area contributed by atoms with Crippen molar-refractivity contribution in [1.29, 1.82) is 0 Å². The first kappa shape index (κ1) is 14.1. The first-order valence-electron chi connectivity index (χ1n) is 7.49. The number of ether oxygens (including phenoxy) is 1. The largest absolute Gasteiger partial charge is 0.494 e. The molecule has 0 amide bonds. The standard InChI is InChI=1S/C17H20N2OS/c1-2-20-14-9-6-13(7-10-14)8-11-16-19-15-5-3-4-12-18-17(15)21-16/h6-11,18H,2-5,12H2,1H3. The molecule has 1 aliphatic rings. The van der Waals surface area contributed by atoms with Gasteiger partial charge in [-0.3, -0.25) is 0 Å². The highest BCUT2D eigenvalue weighted by Gasteiger charge is 2.12. The number of rotatable bonds is 4. The van der Waals surface area contributed by atoms with Crippen molar-refractivity contribution < 1.29 is 4.74 Å². The third kappa shape index (κ3) is 3.64. The van der Waals surface area contributed by atoms with Crippen LogP contribution in [0.3, 0.4) is 0 Å². The molecule has 0 bridgehead atoms. The van der Waals surface area contributed by atoms with Gasteiger partial charge in [-0.05, 0) is 50.0 Å². The van der Waals surface area contributed by atoms with Gasteiger partial charge in [0.2, 0.25) is 0 Å². The Morgan fingerprint density at radius 1 is 1.24 bits per heavy atom. The van der Waals surface area contributed by atoms with Gasteiger partial charge in [0.15, 0.2) is 0 Å². The molecule has 1 N–H and O–H groups in total. The zero-order chi connectivity index (χ0) is 14.5. The highest BCUT2D eigenvalue weighted by Crippen LogP contribution is 2.29. The van der Waals surface area contributed by atoms with Crippen LogP contribution >= 0.6 is 11.3 Å². The molecule has 0 radical (unpaired) electrons. The second-order valence-corrected chi connectivity index (χ2v) is 6.08. The lowest BCUT2D eigenvalue weighted by Crippen LogP contribution is -1.96. The smallest absolute Gasteiger partial charge is 0.119 e. The summed E-state index contributed by atoms with van der Waals surface area (Å²) < 4.78 is 5.45. The van der Waals surface area contributed by atoms with Crippen LogP contribution in [0.4, 0.5) is 5.00 Å². The van der Waals surface area contributed by atoms with E-state index < -0.39 is 0 Å². The van der Waals surface area contributed by atoms with E-state index in [2.05, 4.69) is 29.6 Å². The molecule has 3 nitrogen and oxygen atoms in total. The number of hydrogen-bond acceptors (Lipinski definition) is 4. The lowest BCUT2D eigenvalue weighted by molar-refractivity contribution is 0.340. The maximum atomic E-state index is 5.45. The molecule has 0 saturated carbocycles. The zero-order valence-corrected chi connectivity index (χ0v) is 13.1. The van der Waals surface area contributed by atoms with Crippen molar-refractivity contribution in [2.24, 2.45) is 0 Å². The molecule has 0 aliphatic carbocycles. The number of aryl methyl sites for hydroxylation is 1. The monoisotopic (exact) mass is 300 g/mol. The Kier molecular flexibility index (Phi) is 4.55. The predicted molar refractivity (Wildman–Crippen MR) is 90.1 cm³/mol. The highest BCUT2D eigenvalue weighted by molar-refractivity contribution is 7.16. The molecular weight excluding hydrogens is 280 g/mol. The first-order valence-corrected chi connectivity index (χ1v) is 8.31. The topological polar surface area (TPSA) is 34.1 Å². The van der Waals surface area contributed by atoms with Crippen molar-refractivity contribution in [3.05, 3.63) is 40.5 Å². The van der Waals surface area contributed by atoms with Crippen molar-refractivity contribution in [3.63, 3.8) is 0 Å². The van der Waals surface area contributed by atoms with Crippen molar-refractivity contribution in [3.8, 4) is 5.75 Å². The second kappa shape index (κ2) is 6.76. The number of thiazole rings is 1. The maximum Gasteiger partial charge on any atom is 0.119 e. The van der Waals surface area contributed by atoms with Crippen molar-refractivity contribution >= 4 is 28.5 Å². The fourth-order valence-electron chi connectivity index (χ4n) is 2.38. The predicted octanol–water partition coefficient (Wildman–Crippen LogP) is 4.46. The molecule has 110 valence electrons. The summed E-state index contributed by atoms with van der Waals surface area (Å²) in [5.41, 5.74) is 2.39. The number of benzene rings is 1. The van der Waals surface area contributed by atoms with Gasteiger partial charge in [-0.15, -0.1) is 0 Å². The van der Waals surface area contributed by atoms with E-state index in [9.17, 15) is 0 Å². The molecule has 0 unspecified atom stereocenters. The van der Waals surface area contributed by atoms with E-state index >= 15 is 0 Å². The summed E-state index contributed by atoms with van der Waals surface area (Å²) in [7, 11) is 0. The van der Waals surface area contributed by atoms with Crippen LogP contribution in [0.15, 0.2) is 24.3 Å². The van der Waals surface area contributed by atoms with Crippen LogP contribution in [0, 0.1) is 0 Å². The van der Waals surface area contributed by atoms with Crippen LogP contribution in [-0.4, -0.2) is 18.1 Å². The maximum absolute atomic E-state index is 5.45. The molecule has 21 heavy (non-hydrogen) atoms. The molecule has 4 heteroatoms. The van der Waals surface area contributed by atoms with E-state index in [-0.39, 0.29) is 0 Å². The minimum absolute atomic E-state index is 0.701. The fraction of sp³-hybridized carbons (Fsp3) is 0.353. The third-order valence-electron chi connectivity index (χ3n) is 3.45. The number of nitrogens with zero attached hydrogens (tertiary/aromatic N) is 1. The van der Waals surface area contributed by atoms with Gasteiger partial charge >= 0.3 is 0 Å². The van der Waals surface area contributed by atoms with Crippen LogP contribution in [0.5, 0.6) is 5.75 Å². The van der Waals surface area contributed by atoms with Crippen LogP contribution in [0.1, 0.15) is 36.0 Å².